The van der Waals surface area contributed by atoms with Crippen LogP contribution in [0, 0.1) is 0 Å². The number of phenolic OH excluding ortho intramolecular Hbond substituents is 1. The molecule has 0 aliphatic carbocycles. The van der Waals surface area contributed by atoms with Crippen LogP contribution in [0.5, 0.6) is 5.75 Å². The number of carbonyl (C=O) groups excluding carboxylic acids is 1. The fourth-order valence-electron chi connectivity index (χ4n) is 1.73. The number of rotatable bonds is 4. The molecule has 0 aliphatic heterocycles. The fourth-order valence-corrected chi connectivity index (χ4v) is 1.73. The summed E-state index contributed by atoms with van der Waals surface area (Å²) < 4.78 is 0. The molecule has 0 atom stereocenters. The van der Waals surface area contributed by atoms with Crippen molar-refractivity contribution in [2.75, 3.05) is 0 Å². The summed E-state index contributed by atoms with van der Waals surface area (Å²) >= 11 is 0. The predicted octanol–water partition coefficient (Wildman–Crippen LogP) is 3.05. The Hall–Kier alpha value is -2.33. The lowest BCUT2D eigenvalue weighted by molar-refractivity contribution is -0.277. The monoisotopic (exact) mass is 258 g/mol. The van der Waals surface area contributed by atoms with Crippen molar-refractivity contribution in [2.45, 2.75) is 13.5 Å². The molecule has 2 aromatic rings. The minimum Gasteiger partial charge on any atom is -0.507 e. The zero-order valence-electron chi connectivity index (χ0n) is 10.5. The van der Waals surface area contributed by atoms with Crippen molar-refractivity contribution in [3.8, 4) is 16.9 Å². The number of phenols is 1. The Morgan fingerprint density at radius 2 is 1.95 bits per heavy atom. The van der Waals surface area contributed by atoms with Crippen molar-refractivity contribution in [3.05, 3.63) is 54.1 Å². The molecule has 0 aromatic heterocycles. The van der Waals surface area contributed by atoms with E-state index in [1.165, 1.54) is 6.92 Å². The molecule has 98 valence electrons. The summed E-state index contributed by atoms with van der Waals surface area (Å²) in [7, 11) is 0. The summed E-state index contributed by atoms with van der Waals surface area (Å²) in [5.41, 5.74) is 2.47. The van der Waals surface area contributed by atoms with Gasteiger partial charge in [-0.3, -0.25) is 4.89 Å². The number of aromatic hydroxyl groups is 1. The van der Waals surface area contributed by atoms with Gasteiger partial charge in [0.05, 0.1) is 0 Å². The van der Waals surface area contributed by atoms with Crippen molar-refractivity contribution < 1.29 is 19.7 Å². The molecule has 0 bridgehead atoms. The lowest BCUT2D eigenvalue weighted by Crippen LogP contribution is -2.00. The molecule has 0 heterocycles. The zero-order valence-corrected chi connectivity index (χ0v) is 10.5. The number of benzene rings is 2. The van der Waals surface area contributed by atoms with Gasteiger partial charge >= 0.3 is 5.97 Å². The van der Waals surface area contributed by atoms with Gasteiger partial charge in [-0.05, 0) is 23.3 Å². The van der Waals surface area contributed by atoms with Crippen molar-refractivity contribution in [1.82, 2.24) is 0 Å². The Morgan fingerprint density at radius 1 is 1.16 bits per heavy atom. The first-order chi connectivity index (χ1) is 9.16. The second-order valence-corrected chi connectivity index (χ2v) is 4.05. The molecule has 0 amide bonds. The molecule has 0 saturated carbocycles. The maximum absolute atomic E-state index is 10.6. The highest BCUT2D eigenvalue weighted by molar-refractivity contribution is 5.70. The van der Waals surface area contributed by atoms with Gasteiger partial charge < -0.3 is 5.11 Å². The summed E-state index contributed by atoms with van der Waals surface area (Å²) in [5.74, 6) is -0.266. The quantitative estimate of drug-likeness (QED) is 0.676. The zero-order chi connectivity index (χ0) is 13.7. The number of hydrogen-bond acceptors (Lipinski definition) is 4. The summed E-state index contributed by atoms with van der Waals surface area (Å²) in [5, 5.41) is 9.80. The standard InChI is InChI=1S/C15H14O4/c1-11(16)19-18-10-12-5-4-6-13(9-12)14-7-2-3-8-15(14)17/h2-9,17H,10H2,1H3. The van der Waals surface area contributed by atoms with E-state index >= 15 is 0 Å². The van der Waals surface area contributed by atoms with Crippen molar-refractivity contribution >= 4 is 5.97 Å². The van der Waals surface area contributed by atoms with Crippen molar-refractivity contribution in [1.29, 1.82) is 0 Å². The van der Waals surface area contributed by atoms with Crippen LogP contribution in [-0.2, 0) is 21.2 Å². The molecule has 2 rings (SSSR count). The van der Waals surface area contributed by atoms with Crippen molar-refractivity contribution in [2.24, 2.45) is 0 Å². The first-order valence-corrected chi connectivity index (χ1v) is 5.84. The first kappa shape index (κ1) is 13.1. The average molecular weight is 258 g/mol. The van der Waals surface area contributed by atoms with Crippen LogP contribution in [-0.4, -0.2) is 11.1 Å². The molecule has 19 heavy (non-hydrogen) atoms. The van der Waals surface area contributed by atoms with Crippen LogP contribution in [0.4, 0.5) is 0 Å². The van der Waals surface area contributed by atoms with Crippen LogP contribution >= 0.6 is 0 Å². The third kappa shape index (κ3) is 3.56. The smallest absolute Gasteiger partial charge is 0.339 e. The van der Waals surface area contributed by atoms with Gasteiger partial charge in [-0.15, -0.1) is 0 Å². The van der Waals surface area contributed by atoms with Crippen molar-refractivity contribution in [3.63, 3.8) is 0 Å². The largest absolute Gasteiger partial charge is 0.507 e. The maximum Gasteiger partial charge on any atom is 0.339 e. The molecule has 0 radical (unpaired) electrons. The highest BCUT2D eigenvalue weighted by Crippen LogP contribution is 2.29. The van der Waals surface area contributed by atoms with Gasteiger partial charge in [-0.2, -0.15) is 4.89 Å². The number of carbonyl (C=O) groups is 1. The third-order valence-corrected chi connectivity index (χ3v) is 2.54. The number of para-hydroxylation sites is 1. The van der Waals surface area contributed by atoms with Crippen LogP contribution in [0.15, 0.2) is 48.5 Å². The minimum absolute atomic E-state index is 0.168. The Kier molecular flexibility index (Phi) is 4.15. The second-order valence-electron chi connectivity index (χ2n) is 4.05. The first-order valence-electron chi connectivity index (χ1n) is 5.84. The van der Waals surface area contributed by atoms with Gasteiger partial charge in [-0.1, -0.05) is 36.4 Å². The number of hydrogen-bond donors (Lipinski definition) is 1. The highest BCUT2D eigenvalue weighted by Gasteiger charge is 2.04. The van der Waals surface area contributed by atoms with Crippen LogP contribution in [0.1, 0.15) is 12.5 Å². The van der Waals surface area contributed by atoms with E-state index in [2.05, 4.69) is 4.89 Å². The van der Waals surface area contributed by atoms with Gasteiger partial charge in [0, 0.05) is 12.5 Å². The van der Waals surface area contributed by atoms with E-state index in [0.29, 0.717) is 0 Å². The molecule has 0 spiro atoms. The molecule has 0 saturated heterocycles. The molecule has 0 unspecified atom stereocenters. The molecule has 0 aliphatic rings. The van der Waals surface area contributed by atoms with Gasteiger partial charge in [0.2, 0.25) is 0 Å². The SMILES string of the molecule is CC(=O)OOCc1cccc(-c2ccccc2O)c1. The van der Waals surface area contributed by atoms with Gasteiger partial charge in [0.15, 0.2) is 0 Å². The Morgan fingerprint density at radius 3 is 2.68 bits per heavy atom. The molecule has 4 nitrogen and oxygen atoms in total. The topological polar surface area (TPSA) is 55.8 Å². The molecule has 2 aromatic carbocycles. The minimum atomic E-state index is -0.489. The second kappa shape index (κ2) is 6.02. The third-order valence-electron chi connectivity index (χ3n) is 2.54. The Bertz CT molecular complexity index is 578. The summed E-state index contributed by atoms with van der Waals surface area (Å²) in [6, 6.07) is 14.6. The van der Waals surface area contributed by atoms with Crippen LogP contribution < -0.4 is 0 Å². The van der Waals surface area contributed by atoms with E-state index in [4.69, 9.17) is 4.89 Å². The van der Waals surface area contributed by atoms with Gasteiger partial charge in [0.25, 0.3) is 0 Å². The van der Waals surface area contributed by atoms with E-state index in [9.17, 15) is 9.90 Å². The van der Waals surface area contributed by atoms with E-state index in [-0.39, 0.29) is 12.4 Å². The maximum atomic E-state index is 10.6. The lowest BCUT2D eigenvalue weighted by Gasteiger charge is -2.07. The van der Waals surface area contributed by atoms with Gasteiger partial charge in [0.1, 0.15) is 12.4 Å². The predicted molar refractivity (Wildman–Crippen MR) is 70.1 cm³/mol. The molecular weight excluding hydrogens is 244 g/mol. The van der Waals surface area contributed by atoms with E-state index < -0.39 is 5.97 Å². The normalized spacial score (nSPS) is 10.2. The molecular formula is C15H14O4. The van der Waals surface area contributed by atoms with Crippen LogP contribution in [0.2, 0.25) is 0 Å². The van der Waals surface area contributed by atoms with Crippen LogP contribution in [0.3, 0.4) is 0 Å². The lowest BCUT2D eigenvalue weighted by atomic mass is 10.0. The molecule has 0 fully saturated rings. The van der Waals surface area contributed by atoms with Gasteiger partial charge in [-0.25, -0.2) is 4.79 Å². The summed E-state index contributed by atoms with van der Waals surface area (Å²) in [6.07, 6.45) is 0. The van der Waals surface area contributed by atoms with E-state index in [1.54, 1.807) is 12.1 Å². The summed E-state index contributed by atoms with van der Waals surface area (Å²) in [4.78, 5) is 19.8. The molecule has 1 N–H and O–H groups in total. The Balaban J connectivity index is 2.15. The Labute approximate surface area is 111 Å². The summed E-state index contributed by atoms with van der Waals surface area (Å²) in [6.45, 7) is 1.44. The highest BCUT2D eigenvalue weighted by atomic mass is 17.2. The average Bonchev–Trinajstić information content (AvgIpc) is 2.39. The molecule has 4 heteroatoms. The fraction of sp³-hybridized carbons (Fsp3) is 0.133. The van der Waals surface area contributed by atoms with E-state index in [0.717, 1.165) is 16.7 Å². The van der Waals surface area contributed by atoms with E-state index in [1.807, 2.05) is 36.4 Å². The van der Waals surface area contributed by atoms with Crippen LogP contribution in [0.25, 0.3) is 11.1 Å².